The number of ether oxygens (including phenoxy) is 2. The topological polar surface area (TPSA) is 63.9 Å². The van der Waals surface area contributed by atoms with Crippen LogP contribution in [0.25, 0.3) is 6.08 Å². The standard InChI is InChI=1S/C22H26N2O4/c1-14-7-8-20(28-14)18-11-24(12-19(18)23-15(2)25)10-16-9-17-5-4-6-21(26-3)22(17)27-13-16/h4-9,18-19H,10-13H2,1-3H3,(H,23,25)/t18-,19-/m1/s1. The normalized spacial score (nSPS) is 21.6. The molecule has 28 heavy (non-hydrogen) atoms. The van der Waals surface area contributed by atoms with Crippen LogP contribution in [-0.2, 0) is 4.79 Å². The van der Waals surface area contributed by atoms with Crippen molar-refractivity contribution in [1.29, 1.82) is 0 Å². The molecule has 1 N–H and O–H groups in total. The maximum atomic E-state index is 11.7. The lowest BCUT2D eigenvalue weighted by molar-refractivity contribution is -0.119. The molecule has 0 radical (unpaired) electrons. The predicted molar refractivity (Wildman–Crippen MR) is 107 cm³/mol. The summed E-state index contributed by atoms with van der Waals surface area (Å²) in [6, 6.07) is 9.95. The van der Waals surface area contributed by atoms with Gasteiger partial charge in [-0.25, -0.2) is 0 Å². The number of hydrogen-bond donors (Lipinski definition) is 1. The van der Waals surface area contributed by atoms with Crippen LogP contribution in [0.1, 0.15) is 29.9 Å². The molecule has 0 aliphatic carbocycles. The van der Waals surface area contributed by atoms with Crippen LogP contribution in [0.15, 0.2) is 40.3 Å². The molecule has 3 heterocycles. The number of amides is 1. The number of rotatable bonds is 5. The van der Waals surface area contributed by atoms with Crippen LogP contribution in [-0.4, -0.2) is 50.2 Å². The molecule has 6 heteroatoms. The number of carbonyl (C=O) groups excluding carboxylic acids is 1. The Hall–Kier alpha value is -2.73. The molecule has 0 bridgehead atoms. The third-order valence-electron chi connectivity index (χ3n) is 5.33. The number of para-hydroxylation sites is 1. The number of hydrogen-bond acceptors (Lipinski definition) is 5. The van der Waals surface area contributed by atoms with Crippen LogP contribution < -0.4 is 14.8 Å². The third kappa shape index (κ3) is 3.78. The minimum Gasteiger partial charge on any atom is -0.493 e. The van der Waals surface area contributed by atoms with Gasteiger partial charge in [0, 0.05) is 32.1 Å². The second-order valence-electron chi connectivity index (χ2n) is 7.53. The minimum atomic E-state index is -0.0126. The van der Waals surface area contributed by atoms with E-state index in [1.165, 1.54) is 5.57 Å². The van der Waals surface area contributed by atoms with Gasteiger partial charge >= 0.3 is 0 Å². The van der Waals surface area contributed by atoms with Crippen molar-refractivity contribution in [2.45, 2.75) is 25.8 Å². The Bertz CT molecular complexity index is 902. The zero-order chi connectivity index (χ0) is 19.7. The Kier molecular flexibility index (Phi) is 5.13. The number of furan rings is 1. The van der Waals surface area contributed by atoms with E-state index in [2.05, 4.69) is 16.3 Å². The van der Waals surface area contributed by atoms with Crippen molar-refractivity contribution in [1.82, 2.24) is 10.2 Å². The maximum Gasteiger partial charge on any atom is 0.217 e. The summed E-state index contributed by atoms with van der Waals surface area (Å²) >= 11 is 0. The van der Waals surface area contributed by atoms with Gasteiger partial charge in [0.05, 0.1) is 19.1 Å². The molecule has 1 amide bonds. The molecular formula is C22H26N2O4. The Labute approximate surface area is 165 Å². The largest absolute Gasteiger partial charge is 0.493 e. The van der Waals surface area contributed by atoms with Gasteiger partial charge in [-0.05, 0) is 36.8 Å². The lowest BCUT2D eigenvalue weighted by Crippen LogP contribution is -2.38. The van der Waals surface area contributed by atoms with Crippen molar-refractivity contribution < 1.29 is 18.7 Å². The second-order valence-corrected chi connectivity index (χ2v) is 7.53. The van der Waals surface area contributed by atoms with Gasteiger partial charge in [-0.3, -0.25) is 9.69 Å². The van der Waals surface area contributed by atoms with Crippen molar-refractivity contribution >= 4 is 12.0 Å². The first-order valence-electron chi connectivity index (χ1n) is 9.58. The first-order chi connectivity index (χ1) is 13.5. The number of carbonyl (C=O) groups is 1. The first kappa shape index (κ1) is 18.6. The molecule has 2 atom stereocenters. The lowest BCUT2D eigenvalue weighted by Gasteiger charge is -2.23. The number of methoxy groups -OCH3 is 1. The molecule has 4 rings (SSSR count). The molecule has 2 aliphatic rings. The van der Waals surface area contributed by atoms with E-state index in [-0.39, 0.29) is 17.9 Å². The number of aryl methyl sites for hydroxylation is 1. The molecular weight excluding hydrogens is 356 g/mol. The van der Waals surface area contributed by atoms with E-state index in [0.29, 0.717) is 6.61 Å². The van der Waals surface area contributed by atoms with Crippen molar-refractivity contribution in [3.8, 4) is 11.5 Å². The van der Waals surface area contributed by atoms with Crippen LogP contribution in [0.4, 0.5) is 0 Å². The van der Waals surface area contributed by atoms with E-state index in [4.69, 9.17) is 13.9 Å². The van der Waals surface area contributed by atoms with Gasteiger partial charge in [-0.15, -0.1) is 0 Å². The molecule has 6 nitrogen and oxygen atoms in total. The highest BCUT2D eigenvalue weighted by Crippen LogP contribution is 2.36. The van der Waals surface area contributed by atoms with Gasteiger partial charge in [0.15, 0.2) is 11.5 Å². The number of benzene rings is 1. The highest BCUT2D eigenvalue weighted by atomic mass is 16.5. The molecule has 1 aromatic heterocycles. The average Bonchev–Trinajstić information content (AvgIpc) is 3.26. The van der Waals surface area contributed by atoms with Crippen LogP contribution in [0, 0.1) is 6.92 Å². The smallest absolute Gasteiger partial charge is 0.217 e. The van der Waals surface area contributed by atoms with Gasteiger partial charge in [0.25, 0.3) is 0 Å². The molecule has 148 valence electrons. The molecule has 0 unspecified atom stereocenters. The van der Waals surface area contributed by atoms with Gasteiger partial charge in [-0.1, -0.05) is 12.1 Å². The summed E-state index contributed by atoms with van der Waals surface area (Å²) in [5.74, 6) is 3.52. The van der Waals surface area contributed by atoms with Crippen LogP contribution in [0.2, 0.25) is 0 Å². The Balaban J connectivity index is 1.50. The predicted octanol–water partition coefficient (Wildman–Crippen LogP) is 2.98. The van der Waals surface area contributed by atoms with Crippen molar-refractivity contribution in [2.75, 3.05) is 33.4 Å². The number of likely N-dealkylation sites (tertiary alicyclic amines) is 1. The van der Waals surface area contributed by atoms with E-state index in [1.54, 1.807) is 14.0 Å². The van der Waals surface area contributed by atoms with E-state index < -0.39 is 0 Å². The molecule has 0 spiro atoms. The van der Waals surface area contributed by atoms with Crippen molar-refractivity contribution in [3.05, 3.63) is 53.0 Å². The van der Waals surface area contributed by atoms with Gasteiger partial charge in [0.1, 0.15) is 18.1 Å². The highest BCUT2D eigenvalue weighted by molar-refractivity contribution is 5.73. The fourth-order valence-electron chi connectivity index (χ4n) is 4.13. The summed E-state index contributed by atoms with van der Waals surface area (Å²) in [5.41, 5.74) is 2.25. The highest BCUT2D eigenvalue weighted by Gasteiger charge is 2.36. The number of nitrogens with one attached hydrogen (secondary N) is 1. The third-order valence-corrected chi connectivity index (χ3v) is 5.33. The summed E-state index contributed by atoms with van der Waals surface area (Å²) in [4.78, 5) is 14.0. The average molecular weight is 382 g/mol. The van der Waals surface area contributed by atoms with Crippen LogP contribution in [0.3, 0.4) is 0 Å². The van der Waals surface area contributed by atoms with E-state index >= 15 is 0 Å². The minimum absolute atomic E-state index is 0.0126. The van der Waals surface area contributed by atoms with Crippen molar-refractivity contribution in [3.63, 3.8) is 0 Å². The molecule has 1 aromatic carbocycles. The lowest BCUT2D eigenvalue weighted by atomic mass is 10.0. The zero-order valence-corrected chi connectivity index (χ0v) is 16.5. The first-order valence-corrected chi connectivity index (χ1v) is 9.58. The molecule has 1 saturated heterocycles. The fraction of sp³-hybridized carbons (Fsp3) is 0.409. The summed E-state index contributed by atoms with van der Waals surface area (Å²) in [6.45, 7) is 6.46. The molecule has 2 aromatic rings. The summed E-state index contributed by atoms with van der Waals surface area (Å²) in [7, 11) is 1.65. The van der Waals surface area contributed by atoms with Crippen LogP contribution >= 0.6 is 0 Å². The quantitative estimate of drug-likeness (QED) is 0.861. The Morgan fingerprint density at radius 1 is 1.29 bits per heavy atom. The summed E-state index contributed by atoms with van der Waals surface area (Å²) in [6.07, 6.45) is 2.18. The summed E-state index contributed by atoms with van der Waals surface area (Å²) in [5, 5.41) is 3.09. The molecule has 1 fully saturated rings. The summed E-state index contributed by atoms with van der Waals surface area (Å²) < 4.78 is 17.2. The van der Waals surface area contributed by atoms with E-state index in [9.17, 15) is 4.79 Å². The SMILES string of the molecule is COc1cccc2c1OCC(CN1C[C@@H](NC(C)=O)[C@H](c3ccc(C)o3)C1)=C2. The fourth-order valence-corrected chi connectivity index (χ4v) is 4.13. The number of nitrogens with zero attached hydrogens (tertiary/aromatic N) is 1. The van der Waals surface area contributed by atoms with Gasteiger partial charge < -0.3 is 19.2 Å². The monoisotopic (exact) mass is 382 g/mol. The second kappa shape index (κ2) is 7.72. The van der Waals surface area contributed by atoms with Gasteiger partial charge in [0.2, 0.25) is 5.91 Å². The van der Waals surface area contributed by atoms with Crippen LogP contribution in [0.5, 0.6) is 11.5 Å². The van der Waals surface area contributed by atoms with E-state index in [1.807, 2.05) is 37.3 Å². The Morgan fingerprint density at radius 3 is 2.86 bits per heavy atom. The molecule has 0 saturated carbocycles. The molecule has 2 aliphatic heterocycles. The van der Waals surface area contributed by atoms with E-state index in [0.717, 1.165) is 48.2 Å². The van der Waals surface area contributed by atoms with Gasteiger partial charge in [-0.2, -0.15) is 0 Å². The Morgan fingerprint density at radius 2 is 2.14 bits per heavy atom. The maximum absolute atomic E-state index is 11.7. The number of fused-ring (bicyclic) bond motifs is 1. The zero-order valence-electron chi connectivity index (χ0n) is 16.5. The van der Waals surface area contributed by atoms with Crippen molar-refractivity contribution in [2.24, 2.45) is 0 Å².